The number of ether oxygens (including phenoxy) is 1. The lowest BCUT2D eigenvalue weighted by Crippen LogP contribution is -1.97. The molecule has 1 aliphatic rings. The molecule has 2 aromatic rings. The van der Waals surface area contributed by atoms with Crippen LogP contribution < -0.4 is 10.5 Å². The summed E-state index contributed by atoms with van der Waals surface area (Å²) >= 11 is 1.85. The number of nitrogen functional groups attached to an aromatic ring is 1. The fraction of sp³-hybridized carbons (Fsp3) is 0.333. The van der Waals surface area contributed by atoms with E-state index < -0.39 is 0 Å². The van der Waals surface area contributed by atoms with Crippen LogP contribution in [0.15, 0.2) is 41.3 Å². The van der Waals surface area contributed by atoms with Crippen molar-refractivity contribution in [2.24, 2.45) is 0 Å². The first-order valence-electron chi connectivity index (χ1n) is 7.52. The molecule has 0 aromatic heterocycles. The van der Waals surface area contributed by atoms with E-state index in [1.165, 1.54) is 40.8 Å². The van der Waals surface area contributed by atoms with E-state index >= 15 is 0 Å². The van der Waals surface area contributed by atoms with Crippen molar-refractivity contribution in [3.05, 3.63) is 53.1 Å². The molecule has 2 aromatic carbocycles. The minimum atomic E-state index is 0.681. The van der Waals surface area contributed by atoms with E-state index in [1.807, 2.05) is 36.9 Å². The monoisotopic (exact) mass is 299 g/mol. The first kappa shape index (κ1) is 14.3. The highest BCUT2D eigenvalue weighted by Crippen LogP contribution is 2.32. The van der Waals surface area contributed by atoms with E-state index in [0.29, 0.717) is 6.61 Å². The predicted molar refractivity (Wildman–Crippen MR) is 90.1 cm³/mol. The van der Waals surface area contributed by atoms with Crippen LogP contribution in [0.2, 0.25) is 0 Å². The molecule has 0 saturated heterocycles. The average Bonchev–Trinajstić information content (AvgIpc) is 2.95. The van der Waals surface area contributed by atoms with Crippen LogP contribution in [0.4, 0.5) is 5.69 Å². The molecule has 0 unspecified atom stereocenters. The molecule has 0 heterocycles. The second kappa shape index (κ2) is 6.44. The second-order valence-electron chi connectivity index (χ2n) is 5.37. The minimum Gasteiger partial charge on any atom is -0.494 e. The first-order valence-corrected chi connectivity index (χ1v) is 8.50. The number of benzene rings is 2. The molecule has 0 saturated carbocycles. The molecular formula is C18H21NOS. The van der Waals surface area contributed by atoms with Crippen LogP contribution >= 0.6 is 11.8 Å². The number of nitrogens with two attached hydrogens (primary N) is 1. The summed E-state index contributed by atoms with van der Waals surface area (Å²) in [5.41, 5.74) is 10.9. The van der Waals surface area contributed by atoms with Gasteiger partial charge in [-0.05, 0) is 67.6 Å². The minimum absolute atomic E-state index is 0.681. The fourth-order valence-electron chi connectivity index (χ4n) is 2.81. The van der Waals surface area contributed by atoms with Gasteiger partial charge in [-0.3, -0.25) is 0 Å². The van der Waals surface area contributed by atoms with Gasteiger partial charge in [0.15, 0.2) is 0 Å². The Morgan fingerprint density at radius 1 is 1.10 bits per heavy atom. The zero-order valence-electron chi connectivity index (χ0n) is 12.4. The summed E-state index contributed by atoms with van der Waals surface area (Å²) < 4.78 is 5.69. The Hall–Kier alpha value is -1.61. The Balaban J connectivity index is 1.74. The van der Waals surface area contributed by atoms with Gasteiger partial charge in [-0.1, -0.05) is 6.07 Å². The third kappa shape index (κ3) is 3.35. The van der Waals surface area contributed by atoms with Gasteiger partial charge in [0.2, 0.25) is 0 Å². The maximum absolute atomic E-state index is 5.90. The van der Waals surface area contributed by atoms with Crippen LogP contribution in [-0.2, 0) is 18.6 Å². The van der Waals surface area contributed by atoms with E-state index in [-0.39, 0.29) is 0 Å². The number of thioether (sulfide) groups is 1. The Labute approximate surface area is 130 Å². The van der Waals surface area contributed by atoms with Crippen LogP contribution in [-0.4, -0.2) is 6.61 Å². The number of aryl methyl sites for hydroxylation is 2. The molecule has 3 rings (SSSR count). The average molecular weight is 299 g/mol. The maximum Gasteiger partial charge on any atom is 0.123 e. The van der Waals surface area contributed by atoms with Gasteiger partial charge >= 0.3 is 0 Å². The summed E-state index contributed by atoms with van der Waals surface area (Å²) in [4.78, 5) is 1.33. The topological polar surface area (TPSA) is 35.2 Å². The van der Waals surface area contributed by atoms with Crippen molar-refractivity contribution < 1.29 is 4.74 Å². The molecule has 0 fully saturated rings. The van der Waals surface area contributed by atoms with Crippen molar-refractivity contribution in [1.82, 2.24) is 0 Å². The molecule has 0 radical (unpaired) electrons. The standard InChI is InChI=1S/C18H21NOS/c1-2-20-18-9-7-16(19)10-15(18)12-21-17-8-6-13-4-3-5-14(13)11-17/h6-11H,2-5,12,19H2,1H3. The lowest BCUT2D eigenvalue weighted by molar-refractivity contribution is 0.337. The van der Waals surface area contributed by atoms with Crippen molar-refractivity contribution in [3.8, 4) is 5.75 Å². The van der Waals surface area contributed by atoms with Crippen LogP contribution in [0.3, 0.4) is 0 Å². The van der Waals surface area contributed by atoms with E-state index in [0.717, 1.165) is 17.2 Å². The van der Waals surface area contributed by atoms with Gasteiger partial charge in [-0.15, -0.1) is 11.8 Å². The normalized spacial score (nSPS) is 13.2. The number of anilines is 1. The smallest absolute Gasteiger partial charge is 0.123 e. The molecule has 2 nitrogen and oxygen atoms in total. The van der Waals surface area contributed by atoms with Crippen molar-refractivity contribution in [3.63, 3.8) is 0 Å². The lowest BCUT2D eigenvalue weighted by Gasteiger charge is -2.11. The fourth-order valence-corrected chi connectivity index (χ4v) is 3.75. The predicted octanol–water partition coefficient (Wildman–Crippen LogP) is 4.45. The Morgan fingerprint density at radius 2 is 1.95 bits per heavy atom. The molecule has 110 valence electrons. The summed E-state index contributed by atoms with van der Waals surface area (Å²) in [5.74, 6) is 1.83. The van der Waals surface area contributed by atoms with Crippen molar-refractivity contribution in [1.29, 1.82) is 0 Å². The summed E-state index contributed by atoms with van der Waals surface area (Å²) in [6, 6.07) is 12.8. The van der Waals surface area contributed by atoms with E-state index in [4.69, 9.17) is 10.5 Å². The molecule has 0 spiro atoms. The van der Waals surface area contributed by atoms with Gasteiger partial charge < -0.3 is 10.5 Å². The van der Waals surface area contributed by atoms with Gasteiger partial charge in [-0.25, -0.2) is 0 Å². The molecule has 2 N–H and O–H groups in total. The van der Waals surface area contributed by atoms with Crippen LogP contribution in [0.1, 0.15) is 30.0 Å². The highest BCUT2D eigenvalue weighted by Gasteiger charge is 2.11. The lowest BCUT2D eigenvalue weighted by atomic mass is 10.1. The molecule has 0 atom stereocenters. The molecule has 0 aliphatic heterocycles. The van der Waals surface area contributed by atoms with Gasteiger partial charge in [0.25, 0.3) is 0 Å². The van der Waals surface area contributed by atoms with Crippen LogP contribution in [0, 0.1) is 0 Å². The highest BCUT2D eigenvalue weighted by molar-refractivity contribution is 7.98. The van der Waals surface area contributed by atoms with Gasteiger partial charge in [0.1, 0.15) is 5.75 Å². The Morgan fingerprint density at radius 3 is 2.81 bits per heavy atom. The van der Waals surface area contributed by atoms with Gasteiger partial charge in [0, 0.05) is 21.9 Å². The largest absolute Gasteiger partial charge is 0.494 e. The quantitative estimate of drug-likeness (QED) is 0.654. The Bertz CT molecular complexity index is 639. The van der Waals surface area contributed by atoms with Gasteiger partial charge in [0.05, 0.1) is 6.61 Å². The SMILES string of the molecule is CCOc1ccc(N)cc1CSc1ccc2c(c1)CCC2. The zero-order chi connectivity index (χ0) is 14.7. The van der Waals surface area contributed by atoms with Crippen LogP contribution in [0.5, 0.6) is 5.75 Å². The maximum atomic E-state index is 5.90. The summed E-state index contributed by atoms with van der Waals surface area (Å²) in [6.45, 7) is 2.69. The van der Waals surface area contributed by atoms with E-state index in [9.17, 15) is 0 Å². The van der Waals surface area contributed by atoms with E-state index in [1.54, 1.807) is 0 Å². The van der Waals surface area contributed by atoms with Gasteiger partial charge in [-0.2, -0.15) is 0 Å². The van der Waals surface area contributed by atoms with Crippen molar-refractivity contribution >= 4 is 17.4 Å². The number of fused-ring (bicyclic) bond motifs is 1. The van der Waals surface area contributed by atoms with Crippen molar-refractivity contribution in [2.45, 2.75) is 36.8 Å². The highest BCUT2D eigenvalue weighted by atomic mass is 32.2. The summed E-state index contributed by atoms with van der Waals surface area (Å²) in [5, 5.41) is 0. The third-order valence-corrected chi connectivity index (χ3v) is 4.89. The molecular weight excluding hydrogens is 278 g/mol. The summed E-state index contributed by atoms with van der Waals surface area (Å²) in [6.07, 6.45) is 3.77. The van der Waals surface area contributed by atoms with Crippen molar-refractivity contribution in [2.75, 3.05) is 12.3 Å². The van der Waals surface area contributed by atoms with Crippen LogP contribution in [0.25, 0.3) is 0 Å². The number of rotatable bonds is 5. The first-order chi connectivity index (χ1) is 10.3. The molecule has 0 amide bonds. The molecule has 21 heavy (non-hydrogen) atoms. The summed E-state index contributed by atoms with van der Waals surface area (Å²) in [7, 11) is 0. The number of hydrogen-bond acceptors (Lipinski definition) is 3. The molecule has 1 aliphatic carbocycles. The zero-order valence-corrected chi connectivity index (χ0v) is 13.2. The second-order valence-corrected chi connectivity index (χ2v) is 6.42. The number of hydrogen-bond donors (Lipinski definition) is 1. The Kier molecular flexibility index (Phi) is 4.39. The third-order valence-electron chi connectivity index (χ3n) is 3.85. The van der Waals surface area contributed by atoms with E-state index in [2.05, 4.69) is 18.2 Å². The molecule has 3 heteroatoms. The molecule has 0 bridgehead atoms.